The Labute approximate surface area is 124 Å². The Hall–Kier alpha value is -0.890. The summed E-state index contributed by atoms with van der Waals surface area (Å²) in [5, 5.41) is 3.75. The van der Waals surface area contributed by atoms with Crippen LogP contribution in [0.15, 0.2) is 24.5 Å². The van der Waals surface area contributed by atoms with E-state index in [1.165, 1.54) is 37.7 Å². The summed E-state index contributed by atoms with van der Waals surface area (Å²) in [4.78, 5) is 4.17. The molecule has 0 bridgehead atoms. The van der Waals surface area contributed by atoms with Crippen molar-refractivity contribution in [3.8, 4) is 0 Å². The van der Waals surface area contributed by atoms with E-state index in [1.54, 1.807) is 0 Å². The highest BCUT2D eigenvalue weighted by atomic mass is 14.9. The van der Waals surface area contributed by atoms with Crippen LogP contribution in [0.25, 0.3) is 0 Å². The van der Waals surface area contributed by atoms with Crippen LogP contribution in [-0.4, -0.2) is 17.6 Å². The zero-order valence-corrected chi connectivity index (χ0v) is 13.4. The van der Waals surface area contributed by atoms with E-state index in [0.29, 0.717) is 5.41 Å². The van der Waals surface area contributed by atoms with Crippen molar-refractivity contribution < 1.29 is 0 Å². The van der Waals surface area contributed by atoms with Gasteiger partial charge in [0.2, 0.25) is 0 Å². The summed E-state index contributed by atoms with van der Waals surface area (Å²) < 4.78 is 0. The van der Waals surface area contributed by atoms with Crippen LogP contribution in [0.3, 0.4) is 0 Å². The van der Waals surface area contributed by atoms with E-state index in [0.717, 1.165) is 24.9 Å². The SMILES string of the molecule is CC(C)(C)C1CCCC(NCCc2cccnc2)CC1. The number of pyridine rings is 1. The molecule has 0 aliphatic heterocycles. The molecule has 1 aliphatic carbocycles. The molecule has 0 spiro atoms. The van der Waals surface area contributed by atoms with E-state index in [-0.39, 0.29) is 0 Å². The fourth-order valence-electron chi connectivity index (χ4n) is 3.34. The van der Waals surface area contributed by atoms with Gasteiger partial charge in [-0.3, -0.25) is 4.98 Å². The fraction of sp³-hybridized carbons (Fsp3) is 0.722. The fourth-order valence-corrected chi connectivity index (χ4v) is 3.34. The molecule has 0 amide bonds. The molecule has 2 rings (SSSR count). The molecule has 1 saturated carbocycles. The highest BCUT2D eigenvalue weighted by Crippen LogP contribution is 2.36. The molecular formula is C18H30N2. The van der Waals surface area contributed by atoms with E-state index in [9.17, 15) is 0 Å². The van der Waals surface area contributed by atoms with Crippen molar-refractivity contribution in [2.24, 2.45) is 11.3 Å². The van der Waals surface area contributed by atoms with Gasteiger partial charge in [-0.05, 0) is 61.6 Å². The highest BCUT2D eigenvalue weighted by molar-refractivity contribution is 5.08. The number of hydrogen-bond acceptors (Lipinski definition) is 2. The van der Waals surface area contributed by atoms with Crippen LogP contribution in [0.2, 0.25) is 0 Å². The summed E-state index contributed by atoms with van der Waals surface area (Å²) in [7, 11) is 0. The smallest absolute Gasteiger partial charge is 0.0300 e. The summed E-state index contributed by atoms with van der Waals surface area (Å²) in [6.45, 7) is 8.27. The Morgan fingerprint density at radius 1 is 1.20 bits per heavy atom. The molecule has 1 N–H and O–H groups in total. The van der Waals surface area contributed by atoms with Crippen molar-refractivity contribution >= 4 is 0 Å². The first-order valence-electron chi connectivity index (χ1n) is 8.18. The Morgan fingerprint density at radius 3 is 2.75 bits per heavy atom. The Balaban J connectivity index is 1.72. The van der Waals surface area contributed by atoms with Crippen molar-refractivity contribution in [3.63, 3.8) is 0 Å². The van der Waals surface area contributed by atoms with Crippen LogP contribution in [0.1, 0.15) is 58.4 Å². The van der Waals surface area contributed by atoms with E-state index < -0.39 is 0 Å². The molecule has 0 radical (unpaired) electrons. The summed E-state index contributed by atoms with van der Waals surface area (Å²) >= 11 is 0. The van der Waals surface area contributed by atoms with E-state index >= 15 is 0 Å². The predicted molar refractivity (Wildman–Crippen MR) is 85.8 cm³/mol. The lowest BCUT2D eigenvalue weighted by Crippen LogP contribution is -2.30. The van der Waals surface area contributed by atoms with E-state index in [4.69, 9.17) is 0 Å². The standard InChI is InChI=1S/C18H30N2/c1-18(2,3)16-7-4-8-17(10-9-16)20-13-11-15-6-5-12-19-14-15/h5-6,12,14,16-17,20H,4,7-11,13H2,1-3H3. The quantitative estimate of drug-likeness (QED) is 0.832. The molecule has 112 valence electrons. The number of rotatable bonds is 4. The van der Waals surface area contributed by atoms with Gasteiger partial charge < -0.3 is 5.32 Å². The van der Waals surface area contributed by atoms with Gasteiger partial charge in [-0.1, -0.05) is 33.3 Å². The lowest BCUT2D eigenvalue weighted by atomic mass is 9.76. The monoisotopic (exact) mass is 274 g/mol. The molecule has 2 nitrogen and oxygen atoms in total. The largest absolute Gasteiger partial charge is 0.314 e. The zero-order chi connectivity index (χ0) is 14.4. The zero-order valence-electron chi connectivity index (χ0n) is 13.4. The molecule has 20 heavy (non-hydrogen) atoms. The summed E-state index contributed by atoms with van der Waals surface area (Å²) in [6, 6.07) is 4.91. The van der Waals surface area contributed by atoms with Gasteiger partial charge in [0.25, 0.3) is 0 Å². The average Bonchev–Trinajstić information content (AvgIpc) is 2.65. The van der Waals surface area contributed by atoms with Crippen molar-refractivity contribution in [1.82, 2.24) is 10.3 Å². The molecule has 1 fully saturated rings. The van der Waals surface area contributed by atoms with Crippen molar-refractivity contribution in [2.45, 2.75) is 65.3 Å². The van der Waals surface area contributed by atoms with Gasteiger partial charge in [0, 0.05) is 18.4 Å². The molecule has 1 aromatic rings. The third kappa shape index (κ3) is 4.90. The first-order valence-corrected chi connectivity index (χ1v) is 8.18. The van der Waals surface area contributed by atoms with Crippen LogP contribution in [0, 0.1) is 11.3 Å². The number of nitrogens with zero attached hydrogens (tertiary/aromatic N) is 1. The molecule has 1 heterocycles. The lowest BCUT2D eigenvalue weighted by Gasteiger charge is -2.29. The maximum Gasteiger partial charge on any atom is 0.0300 e. The van der Waals surface area contributed by atoms with Crippen molar-refractivity contribution in [1.29, 1.82) is 0 Å². The lowest BCUT2D eigenvalue weighted by molar-refractivity contribution is 0.213. The molecule has 2 unspecified atom stereocenters. The molecule has 2 heteroatoms. The van der Waals surface area contributed by atoms with Gasteiger partial charge in [-0.2, -0.15) is 0 Å². The first-order chi connectivity index (χ1) is 9.55. The molecular weight excluding hydrogens is 244 g/mol. The number of nitrogens with one attached hydrogen (secondary N) is 1. The predicted octanol–water partition coefficient (Wildman–Crippen LogP) is 4.21. The van der Waals surface area contributed by atoms with Gasteiger partial charge in [-0.25, -0.2) is 0 Å². The van der Waals surface area contributed by atoms with Crippen molar-refractivity contribution in [3.05, 3.63) is 30.1 Å². The summed E-state index contributed by atoms with van der Waals surface area (Å²) in [6.07, 6.45) is 11.8. The van der Waals surface area contributed by atoms with Crippen LogP contribution < -0.4 is 5.32 Å². The third-order valence-electron chi connectivity index (χ3n) is 4.76. The number of hydrogen-bond donors (Lipinski definition) is 1. The minimum atomic E-state index is 0.477. The molecule has 2 atom stereocenters. The minimum absolute atomic E-state index is 0.477. The van der Waals surface area contributed by atoms with Crippen molar-refractivity contribution in [2.75, 3.05) is 6.54 Å². The van der Waals surface area contributed by atoms with E-state index in [1.807, 2.05) is 18.5 Å². The molecule has 1 aliphatic rings. The summed E-state index contributed by atoms with van der Waals surface area (Å²) in [5.41, 5.74) is 1.81. The average molecular weight is 274 g/mol. The van der Waals surface area contributed by atoms with Gasteiger partial charge in [0.05, 0.1) is 0 Å². The first kappa shape index (κ1) is 15.5. The Morgan fingerprint density at radius 2 is 2.05 bits per heavy atom. The normalized spacial score (nSPS) is 24.4. The second kappa shape index (κ2) is 7.21. The Bertz CT molecular complexity index is 380. The maximum absolute atomic E-state index is 4.17. The Kier molecular flexibility index (Phi) is 5.59. The maximum atomic E-state index is 4.17. The topological polar surface area (TPSA) is 24.9 Å². The molecule has 1 aromatic heterocycles. The minimum Gasteiger partial charge on any atom is -0.314 e. The van der Waals surface area contributed by atoms with Crippen LogP contribution in [0.4, 0.5) is 0 Å². The highest BCUT2D eigenvalue weighted by Gasteiger charge is 2.27. The van der Waals surface area contributed by atoms with Gasteiger partial charge in [-0.15, -0.1) is 0 Å². The van der Waals surface area contributed by atoms with Gasteiger partial charge in [0.15, 0.2) is 0 Å². The van der Waals surface area contributed by atoms with Crippen LogP contribution in [-0.2, 0) is 6.42 Å². The van der Waals surface area contributed by atoms with Crippen LogP contribution in [0.5, 0.6) is 0 Å². The second-order valence-corrected chi connectivity index (χ2v) is 7.33. The van der Waals surface area contributed by atoms with E-state index in [2.05, 4.69) is 37.1 Å². The molecule has 0 aromatic carbocycles. The second-order valence-electron chi connectivity index (χ2n) is 7.33. The number of aromatic nitrogens is 1. The molecule has 0 saturated heterocycles. The van der Waals surface area contributed by atoms with Crippen LogP contribution >= 0.6 is 0 Å². The summed E-state index contributed by atoms with van der Waals surface area (Å²) in [5.74, 6) is 0.896. The van der Waals surface area contributed by atoms with Gasteiger partial charge >= 0.3 is 0 Å². The third-order valence-corrected chi connectivity index (χ3v) is 4.76. The van der Waals surface area contributed by atoms with Gasteiger partial charge in [0.1, 0.15) is 0 Å².